The average molecular weight is 527 g/mol. The third-order valence-corrected chi connectivity index (χ3v) is 4.10. The molecule has 1 N–H and O–H groups in total. The third-order valence-electron chi connectivity index (χ3n) is 2.85. The van der Waals surface area contributed by atoms with Crippen LogP contribution in [0.25, 0.3) is 0 Å². The molecule has 2 aromatic rings. The summed E-state index contributed by atoms with van der Waals surface area (Å²) >= 11 is 11.9. The van der Waals surface area contributed by atoms with Gasteiger partial charge in [0.05, 0.1) is 6.61 Å². The molecule has 27 heavy (non-hydrogen) atoms. The largest absolute Gasteiger partial charge is 0.508 e. The van der Waals surface area contributed by atoms with Crippen molar-refractivity contribution in [1.29, 1.82) is 0 Å². The average Bonchev–Trinajstić information content (AvgIpc) is 2.64. The van der Waals surface area contributed by atoms with Gasteiger partial charge in [-0.05, 0) is 42.8 Å². The van der Waals surface area contributed by atoms with Gasteiger partial charge in [0, 0.05) is 48.7 Å². The van der Waals surface area contributed by atoms with Crippen molar-refractivity contribution in [1.82, 2.24) is 0 Å². The Morgan fingerprint density at radius 2 is 1.44 bits per heavy atom. The lowest BCUT2D eigenvalue weighted by Gasteiger charge is -2.05. The Balaban J connectivity index is 0.000000413. The normalized spacial score (nSPS) is 9.52. The molecular formula is C20H27Br2ClO4. The smallest absolute Gasteiger partial charge is 0.120 e. The fourth-order valence-corrected chi connectivity index (χ4v) is 2.50. The highest BCUT2D eigenvalue weighted by molar-refractivity contribution is 9.10. The molecule has 0 aliphatic rings. The molecule has 0 bridgehead atoms. The van der Waals surface area contributed by atoms with E-state index in [1.165, 1.54) is 0 Å². The number of benzene rings is 2. The lowest BCUT2D eigenvalue weighted by atomic mass is 10.3. The van der Waals surface area contributed by atoms with Crippen LogP contribution in [0.5, 0.6) is 11.5 Å². The van der Waals surface area contributed by atoms with E-state index in [1.807, 2.05) is 30.3 Å². The molecule has 0 spiro atoms. The predicted molar refractivity (Wildman–Crippen MR) is 119 cm³/mol. The SMILES string of the molecule is COCCCCl.COCCCOc1cccc(Br)c1.Oc1cccc(Br)c1. The number of hydrogen-bond donors (Lipinski definition) is 1. The van der Waals surface area contributed by atoms with Crippen molar-refractivity contribution in [3.63, 3.8) is 0 Å². The van der Waals surface area contributed by atoms with Crippen LogP contribution in [0.4, 0.5) is 0 Å². The lowest BCUT2D eigenvalue weighted by molar-refractivity contribution is 0.172. The summed E-state index contributed by atoms with van der Waals surface area (Å²) in [4.78, 5) is 0. The van der Waals surface area contributed by atoms with Gasteiger partial charge in [-0.25, -0.2) is 0 Å². The van der Waals surface area contributed by atoms with Gasteiger partial charge >= 0.3 is 0 Å². The van der Waals surface area contributed by atoms with Crippen molar-refractivity contribution in [2.75, 3.05) is 39.9 Å². The summed E-state index contributed by atoms with van der Waals surface area (Å²) in [5.41, 5.74) is 0. The minimum absolute atomic E-state index is 0.291. The molecule has 2 aromatic carbocycles. The van der Waals surface area contributed by atoms with E-state index in [-0.39, 0.29) is 0 Å². The van der Waals surface area contributed by atoms with E-state index < -0.39 is 0 Å². The third kappa shape index (κ3) is 17.1. The number of ether oxygens (including phenoxy) is 3. The molecule has 152 valence electrons. The van der Waals surface area contributed by atoms with E-state index in [0.29, 0.717) is 18.2 Å². The molecule has 0 atom stereocenters. The Hall–Kier alpha value is -0.790. The monoisotopic (exact) mass is 524 g/mol. The second kappa shape index (κ2) is 18.6. The molecule has 0 saturated heterocycles. The van der Waals surface area contributed by atoms with Crippen LogP contribution in [0.2, 0.25) is 0 Å². The van der Waals surface area contributed by atoms with Gasteiger partial charge in [0.2, 0.25) is 0 Å². The van der Waals surface area contributed by atoms with Gasteiger partial charge in [-0.3, -0.25) is 0 Å². The maximum absolute atomic E-state index is 8.78. The molecule has 0 aromatic heterocycles. The van der Waals surface area contributed by atoms with E-state index in [9.17, 15) is 0 Å². The zero-order valence-corrected chi connectivity index (χ0v) is 19.6. The van der Waals surface area contributed by atoms with Crippen LogP contribution in [0.3, 0.4) is 0 Å². The van der Waals surface area contributed by atoms with Gasteiger partial charge < -0.3 is 19.3 Å². The summed E-state index contributed by atoms with van der Waals surface area (Å²) in [7, 11) is 3.37. The van der Waals surface area contributed by atoms with Crippen LogP contribution < -0.4 is 4.74 Å². The predicted octanol–water partition coefficient (Wildman–Crippen LogP) is 6.28. The number of alkyl halides is 1. The fraction of sp³-hybridized carbons (Fsp3) is 0.400. The summed E-state index contributed by atoms with van der Waals surface area (Å²) in [6, 6.07) is 14.7. The Kier molecular flexibility index (Phi) is 18.0. The number of phenolic OH excluding ortho intramolecular Hbond substituents is 1. The summed E-state index contributed by atoms with van der Waals surface area (Å²) in [6.07, 6.45) is 1.88. The van der Waals surface area contributed by atoms with Crippen molar-refractivity contribution < 1.29 is 19.3 Å². The highest BCUT2D eigenvalue weighted by atomic mass is 79.9. The lowest BCUT2D eigenvalue weighted by Crippen LogP contribution is -2.00. The molecular weight excluding hydrogens is 499 g/mol. The Morgan fingerprint density at radius 3 is 1.89 bits per heavy atom. The van der Waals surface area contributed by atoms with Crippen molar-refractivity contribution in [2.45, 2.75) is 12.8 Å². The minimum atomic E-state index is 0.291. The number of hydrogen-bond acceptors (Lipinski definition) is 4. The van der Waals surface area contributed by atoms with E-state index in [1.54, 1.807) is 32.4 Å². The summed E-state index contributed by atoms with van der Waals surface area (Å²) in [6.45, 7) is 2.22. The van der Waals surface area contributed by atoms with Crippen LogP contribution in [-0.4, -0.2) is 45.0 Å². The maximum Gasteiger partial charge on any atom is 0.120 e. The van der Waals surface area contributed by atoms with Gasteiger partial charge in [-0.2, -0.15) is 0 Å². The van der Waals surface area contributed by atoms with E-state index in [0.717, 1.165) is 40.8 Å². The van der Waals surface area contributed by atoms with Crippen molar-refractivity contribution in [2.24, 2.45) is 0 Å². The van der Waals surface area contributed by atoms with Gasteiger partial charge in [-0.1, -0.05) is 44.0 Å². The van der Waals surface area contributed by atoms with E-state index >= 15 is 0 Å². The highest BCUT2D eigenvalue weighted by Crippen LogP contribution is 2.17. The molecule has 0 amide bonds. The van der Waals surface area contributed by atoms with Gasteiger partial charge in [0.1, 0.15) is 11.5 Å². The van der Waals surface area contributed by atoms with Gasteiger partial charge in [0.25, 0.3) is 0 Å². The molecule has 0 unspecified atom stereocenters. The first-order valence-electron chi connectivity index (χ1n) is 8.40. The number of phenols is 1. The first-order chi connectivity index (χ1) is 13.0. The molecule has 0 heterocycles. The summed E-state index contributed by atoms with van der Waals surface area (Å²) < 4.78 is 17.0. The molecule has 0 aliphatic heterocycles. The Labute approximate surface area is 184 Å². The molecule has 7 heteroatoms. The van der Waals surface area contributed by atoms with Crippen molar-refractivity contribution in [3.8, 4) is 11.5 Å². The Bertz CT molecular complexity index is 578. The molecule has 0 radical (unpaired) electrons. The number of halogens is 3. The highest BCUT2D eigenvalue weighted by Gasteiger charge is 1.93. The molecule has 0 fully saturated rings. The topological polar surface area (TPSA) is 47.9 Å². The van der Waals surface area contributed by atoms with Gasteiger partial charge in [0.15, 0.2) is 0 Å². The molecule has 4 nitrogen and oxygen atoms in total. The maximum atomic E-state index is 8.78. The Morgan fingerprint density at radius 1 is 0.852 bits per heavy atom. The first-order valence-corrected chi connectivity index (χ1v) is 10.5. The summed E-state index contributed by atoms with van der Waals surface area (Å²) in [5, 5.41) is 8.78. The number of aromatic hydroxyl groups is 1. The molecule has 2 rings (SSSR count). The van der Waals surface area contributed by atoms with Crippen LogP contribution in [0, 0.1) is 0 Å². The van der Waals surface area contributed by atoms with Crippen molar-refractivity contribution >= 4 is 43.5 Å². The van der Waals surface area contributed by atoms with Crippen LogP contribution >= 0.6 is 43.5 Å². The second-order valence-corrected chi connectivity index (χ2v) is 7.38. The zero-order valence-electron chi connectivity index (χ0n) is 15.7. The molecule has 0 aliphatic carbocycles. The second-order valence-electron chi connectivity index (χ2n) is 5.17. The van der Waals surface area contributed by atoms with E-state index in [2.05, 4.69) is 31.9 Å². The zero-order chi connectivity index (χ0) is 20.3. The quantitative estimate of drug-likeness (QED) is 0.325. The fourth-order valence-electron chi connectivity index (χ4n) is 1.63. The molecule has 0 saturated carbocycles. The van der Waals surface area contributed by atoms with Crippen LogP contribution in [0.1, 0.15) is 12.8 Å². The summed E-state index contributed by atoms with van der Waals surface area (Å²) in [5.74, 6) is 1.89. The van der Waals surface area contributed by atoms with Crippen LogP contribution in [-0.2, 0) is 9.47 Å². The first kappa shape index (κ1) is 26.2. The number of rotatable bonds is 8. The minimum Gasteiger partial charge on any atom is -0.508 e. The van der Waals surface area contributed by atoms with Gasteiger partial charge in [-0.15, -0.1) is 11.6 Å². The van der Waals surface area contributed by atoms with Crippen LogP contribution in [0.15, 0.2) is 57.5 Å². The van der Waals surface area contributed by atoms with Crippen molar-refractivity contribution in [3.05, 3.63) is 57.5 Å². The van der Waals surface area contributed by atoms with E-state index in [4.69, 9.17) is 30.9 Å². The number of methoxy groups -OCH3 is 2. The standard InChI is InChI=1S/C10H13BrO2.C6H5BrO.C4H9ClO/c1-12-6-3-7-13-10-5-2-4-9(11)8-10;7-5-2-1-3-6(8)4-5;1-6-4-2-3-5/h2,4-5,8H,3,6-7H2,1H3;1-4,8H;2-4H2,1H3.